The summed E-state index contributed by atoms with van der Waals surface area (Å²) < 4.78 is 1.14. The van der Waals surface area contributed by atoms with Crippen molar-refractivity contribution in [2.75, 3.05) is 13.6 Å². The molecule has 0 aromatic heterocycles. The molecule has 1 aromatic rings. The molecule has 1 unspecified atom stereocenters. The molecule has 0 saturated heterocycles. The molecule has 0 radical (unpaired) electrons. The summed E-state index contributed by atoms with van der Waals surface area (Å²) in [6, 6.07) is 8.41. The summed E-state index contributed by atoms with van der Waals surface area (Å²) in [7, 11) is 2.13. The molecule has 0 spiro atoms. The highest BCUT2D eigenvalue weighted by Crippen LogP contribution is 2.13. The lowest BCUT2D eigenvalue weighted by molar-refractivity contribution is 0.321. The van der Waals surface area contributed by atoms with Gasteiger partial charge in [0.1, 0.15) is 0 Å². The molecule has 0 saturated carbocycles. The van der Waals surface area contributed by atoms with Gasteiger partial charge in [-0.15, -0.1) is 11.6 Å². The van der Waals surface area contributed by atoms with Crippen molar-refractivity contribution in [1.82, 2.24) is 4.90 Å². The van der Waals surface area contributed by atoms with E-state index in [9.17, 15) is 0 Å². The average molecular weight is 291 g/mol. The van der Waals surface area contributed by atoms with E-state index < -0.39 is 0 Å². The third-order valence-electron chi connectivity index (χ3n) is 2.25. The van der Waals surface area contributed by atoms with Gasteiger partial charge in [-0.1, -0.05) is 28.1 Å². The molecule has 0 aliphatic rings. The third-order valence-corrected chi connectivity index (χ3v) is 2.96. The maximum Gasteiger partial charge on any atom is 0.0320 e. The molecule has 1 aromatic carbocycles. The van der Waals surface area contributed by atoms with E-state index in [-0.39, 0.29) is 5.38 Å². The zero-order valence-corrected chi connectivity index (χ0v) is 11.6. The van der Waals surface area contributed by atoms with Crippen molar-refractivity contribution in [3.8, 4) is 0 Å². The van der Waals surface area contributed by atoms with Gasteiger partial charge in [-0.25, -0.2) is 0 Å². The first-order valence-electron chi connectivity index (χ1n) is 5.15. The maximum absolute atomic E-state index is 5.92. The molecule has 0 heterocycles. The van der Waals surface area contributed by atoms with Crippen LogP contribution in [0, 0.1) is 0 Å². The van der Waals surface area contributed by atoms with Crippen LogP contribution in [-0.4, -0.2) is 23.9 Å². The summed E-state index contributed by atoms with van der Waals surface area (Å²) in [6.45, 7) is 4.05. The van der Waals surface area contributed by atoms with Crippen molar-refractivity contribution in [2.45, 2.75) is 25.3 Å². The van der Waals surface area contributed by atoms with E-state index >= 15 is 0 Å². The summed E-state index contributed by atoms with van der Waals surface area (Å²) in [5, 5.41) is 0.259. The lowest BCUT2D eigenvalue weighted by Crippen LogP contribution is -2.20. The smallest absolute Gasteiger partial charge is 0.0320 e. The van der Waals surface area contributed by atoms with Gasteiger partial charge >= 0.3 is 0 Å². The van der Waals surface area contributed by atoms with Gasteiger partial charge in [0.05, 0.1) is 0 Å². The van der Waals surface area contributed by atoms with E-state index in [0.29, 0.717) is 0 Å². The minimum absolute atomic E-state index is 0.259. The van der Waals surface area contributed by atoms with Crippen LogP contribution in [0.2, 0.25) is 0 Å². The molecule has 0 aliphatic carbocycles. The normalized spacial score (nSPS) is 13.1. The largest absolute Gasteiger partial charge is 0.302 e. The number of hydrogen-bond donors (Lipinski definition) is 0. The molecule has 0 fully saturated rings. The van der Waals surface area contributed by atoms with E-state index in [0.717, 1.165) is 24.0 Å². The van der Waals surface area contributed by atoms with Crippen molar-refractivity contribution >= 4 is 27.5 Å². The van der Waals surface area contributed by atoms with Crippen LogP contribution in [0.25, 0.3) is 0 Å². The van der Waals surface area contributed by atoms with Crippen LogP contribution < -0.4 is 0 Å². The Morgan fingerprint density at radius 1 is 1.47 bits per heavy atom. The number of hydrogen-bond acceptors (Lipinski definition) is 1. The Kier molecular flexibility index (Phi) is 5.65. The Balaban J connectivity index is 2.40. The number of nitrogens with zero attached hydrogens (tertiary/aromatic N) is 1. The van der Waals surface area contributed by atoms with Crippen molar-refractivity contribution in [3.05, 3.63) is 34.3 Å². The number of rotatable bonds is 5. The maximum atomic E-state index is 5.92. The minimum atomic E-state index is 0.259. The second kappa shape index (κ2) is 6.51. The Morgan fingerprint density at radius 3 is 2.80 bits per heavy atom. The monoisotopic (exact) mass is 289 g/mol. The fraction of sp³-hybridized carbons (Fsp3) is 0.500. The first-order valence-corrected chi connectivity index (χ1v) is 6.38. The van der Waals surface area contributed by atoms with Crippen LogP contribution in [-0.2, 0) is 6.54 Å². The van der Waals surface area contributed by atoms with Crippen LogP contribution in [0.5, 0.6) is 0 Å². The van der Waals surface area contributed by atoms with Gasteiger partial charge in [0.25, 0.3) is 0 Å². The summed E-state index contributed by atoms with van der Waals surface area (Å²) in [5.74, 6) is 0. The second-order valence-corrected chi connectivity index (χ2v) is 5.60. The molecule has 0 aliphatic heterocycles. The highest BCUT2D eigenvalue weighted by Gasteiger charge is 2.02. The van der Waals surface area contributed by atoms with E-state index in [1.54, 1.807) is 0 Å². The zero-order valence-electron chi connectivity index (χ0n) is 9.21. The van der Waals surface area contributed by atoms with Gasteiger partial charge in [0.2, 0.25) is 0 Å². The summed E-state index contributed by atoms with van der Waals surface area (Å²) in [5.41, 5.74) is 1.33. The van der Waals surface area contributed by atoms with Crippen LogP contribution in [0.15, 0.2) is 28.7 Å². The van der Waals surface area contributed by atoms with E-state index in [4.69, 9.17) is 11.6 Å². The molecule has 0 bridgehead atoms. The lowest BCUT2D eigenvalue weighted by Gasteiger charge is -2.17. The number of benzene rings is 1. The number of alkyl halides is 1. The topological polar surface area (TPSA) is 3.24 Å². The van der Waals surface area contributed by atoms with Crippen molar-refractivity contribution < 1.29 is 0 Å². The summed E-state index contributed by atoms with van der Waals surface area (Å²) in [4.78, 5) is 2.29. The Morgan fingerprint density at radius 2 is 2.20 bits per heavy atom. The molecular weight excluding hydrogens is 273 g/mol. The van der Waals surface area contributed by atoms with Crippen molar-refractivity contribution in [1.29, 1.82) is 0 Å². The Hall–Kier alpha value is -0.0500. The van der Waals surface area contributed by atoms with Gasteiger partial charge in [-0.05, 0) is 44.6 Å². The summed E-state index contributed by atoms with van der Waals surface area (Å²) in [6.07, 6.45) is 1.03. The predicted molar refractivity (Wildman–Crippen MR) is 70.4 cm³/mol. The Labute approximate surface area is 106 Å². The van der Waals surface area contributed by atoms with E-state index in [1.807, 2.05) is 13.0 Å². The Bertz CT molecular complexity index is 301. The molecule has 1 atom stereocenters. The summed E-state index contributed by atoms with van der Waals surface area (Å²) >= 11 is 9.39. The van der Waals surface area contributed by atoms with Crippen molar-refractivity contribution in [2.24, 2.45) is 0 Å². The van der Waals surface area contributed by atoms with E-state index in [1.165, 1.54) is 5.56 Å². The van der Waals surface area contributed by atoms with Gasteiger partial charge in [0, 0.05) is 16.4 Å². The van der Waals surface area contributed by atoms with Crippen LogP contribution in [0.3, 0.4) is 0 Å². The molecule has 15 heavy (non-hydrogen) atoms. The lowest BCUT2D eigenvalue weighted by atomic mass is 10.2. The van der Waals surface area contributed by atoms with Crippen LogP contribution in [0.4, 0.5) is 0 Å². The average Bonchev–Trinajstić information content (AvgIpc) is 2.15. The molecule has 3 heteroatoms. The van der Waals surface area contributed by atoms with E-state index in [2.05, 4.69) is 46.1 Å². The first kappa shape index (κ1) is 13.0. The van der Waals surface area contributed by atoms with Gasteiger partial charge in [-0.3, -0.25) is 0 Å². The zero-order chi connectivity index (χ0) is 11.3. The standard InChI is InChI=1S/C12H17BrClN/c1-10(14)6-7-15(2)9-11-4-3-5-12(13)8-11/h3-5,8,10H,6-7,9H2,1-2H3. The van der Waals surface area contributed by atoms with Crippen molar-refractivity contribution in [3.63, 3.8) is 0 Å². The van der Waals surface area contributed by atoms with Gasteiger partial charge < -0.3 is 4.90 Å². The predicted octanol–water partition coefficient (Wildman–Crippen LogP) is 3.90. The second-order valence-electron chi connectivity index (χ2n) is 3.94. The van der Waals surface area contributed by atoms with Crippen LogP contribution >= 0.6 is 27.5 Å². The molecular formula is C12H17BrClN. The molecule has 84 valence electrons. The fourth-order valence-corrected chi connectivity index (χ4v) is 1.97. The first-order chi connectivity index (χ1) is 7.08. The molecule has 0 N–H and O–H groups in total. The van der Waals surface area contributed by atoms with Gasteiger partial charge in [0.15, 0.2) is 0 Å². The molecule has 0 amide bonds. The van der Waals surface area contributed by atoms with Crippen LogP contribution in [0.1, 0.15) is 18.9 Å². The quantitative estimate of drug-likeness (QED) is 0.744. The molecule has 1 rings (SSSR count). The third kappa shape index (κ3) is 5.55. The molecule has 1 nitrogen and oxygen atoms in total. The number of halogens is 2. The highest BCUT2D eigenvalue weighted by atomic mass is 79.9. The fourth-order valence-electron chi connectivity index (χ4n) is 1.42. The minimum Gasteiger partial charge on any atom is -0.302 e. The van der Waals surface area contributed by atoms with Gasteiger partial charge in [-0.2, -0.15) is 0 Å². The highest BCUT2D eigenvalue weighted by molar-refractivity contribution is 9.10. The SMILES string of the molecule is CC(Cl)CCN(C)Cc1cccc(Br)c1.